The van der Waals surface area contributed by atoms with Crippen LogP contribution >= 0.6 is 0 Å². The lowest BCUT2D eigenvalue weighted by atomic mass is 10.0. The minimum Gasteiger partial charge on any atom is -0.497 e. The average molecular weight is 262 g/mol. The molecule has 0 atom stereocenters. The van der Waals surface area contributed by atoms with Gasteiger partial charge in [0.05, 0.1) is 18.3 Å². The van der Waals surface area contributed by atoms with Gasteiger partial charge in [0, 0.05) is 16.5 Å². The molecule has 0 unspecified atom stereocenters. The number of benzene rings is 2. The lowest BCUT2D eigenvalue weighted by molar-refractivity contribution is 0.415. The van der Waals surface area contributed by atoms with Gasteiger partial charge in [0.2, 0.25) is 6.29 Å². The Kier molecular flexibility index (Phi) is 3.17. The smallest absolute Gasteiger partial charge is 0.234 e. The van der Waals surface area contributed by atoms with E-state index in [-0.39, 0.29) is 0 Å². The second-order valence-corrected chi connectivity index (χ2v) is 4.41. The summed E-state index contributed by atoms with van der Waals surface area (Å²) < 4.78 is 5.18. The average Bonchev–Trinajstić information content (AvgIpc) is 2.54. The van der Waals surface area contributed by atoms with Gasteiger partial charge in [-0.1, -0.05) is 30.3 Å². The van der Waals surface area contributed by atoms with Crippen LogP contribution in [0.1, 0.15) is 5.56 Å². The summed E-state index contributed by atoms with van der Waals surface area (Å²) in [6, 6.07) is 17.0. The minimum atomic E-state index is 0.493. The van der Waals surface area contributed by atoms with E-state index in [0.29, 0.717) is 11.3 Å². The van der Waals surface area contributed by atoms with Crippen molar-refractivity contribution in [1.82, 2.24) is 4.98 Å². The van der Waals surface area contributed by atoms with Crippen LogP contribution in [0.3, 0.4) is 0 Å². The zero-order valence-corrected chi connectivity index (χ0v) is 11.0. The molecule has 3 aromatic rings. The fourth-order valence-corrected chi connectivity index (χ4v) is 2.17. The summed E-state index contributed by atoms with van der Waals surface area (Å²) in [5.41, 5.74) is 2.99. The van der Waals surface area contributed by atoms with Gasteiger partial charge in [-0.25, -0.2) is 4.98 Å². The summed E-state index contributed by atoms with van der Waals surface area (Å²) in [4.78, 5) is 15.8. The van der Waals surface area contributed by atoms with Gasteiger partial charge in [0.15, 0.2) is 0 Å². The third-order valence-corrected chi connectivity index (χ3v) is 3.20. The summed E-state index contributed by atoms with van der Waals surface area (Å²) in [7, 11) is 1.59. The highest BCUT2D eigenvalue weighted by Crippen LogP contribution is 2.26. The zero-order valence-electron chi connectivity index (χ0n) is 11.0. The molecule has 0 spiro atoms. The van der Waals surface area contributed by atoms with Gasteiger partial charge in [-0.2, -0.15) is 0 Å². The normalized spacial score (nSPS) is 10.4. The number of fused-ring (bicyclic) bond motifs is 1. The van der Waals surface area contributed by atoms with E-state index in [2.05, 4.69) is 4.98 Å². The fraction of sp³-hybridized carbons (Fsp3) is 0.0588. The molecule has 3 nitrogen and oxygen atoms in total. The first-order valence-corrected chi connectivity index (χ1v) is 6.24. The highest BCUT2D eigenvalue weighted by molar-refractivity contribution is 5.98. The number of rotatable bonds is 3. The number of aromatic nitrogens is 1. The van der Waals surface area contributed by atoms with Crippen LogP contribution in [0.2, 0.25) is 0 Å². The maximum absolute atomic E-state index is 11.2. The van der Waals surface area contributed by atoms with Crippen molar-refractivity contribution in [3.05, 3.63) is 60.2 Å². The molecule has 1 radical (unpaired) electrons. The van der Waals surface area contributed by atoms with Crippen molar-refractivity contribution in [2.24, 2.45) is 0 Å². The Morgan fingerprint density at radius 1 is 1.05 bits per heavy atom. The fourth-order valence-electron chi connectivity index (χ4n) is 2.17. The zero-order chi connectivity index (χ0) is 13.9. The van der Waals surface area contributed by atoms with E-state index in [1.165, 1.54) is 0 Å². The van der Waals surface area contributed by atoms with Crippen molar-refractivity contribution in [1.29, 1.82) is 0 Å². The summed E-state index contributed by atoms with van der Waals surface area (Å²) in [6.45, 7) is 0. The molecule has 97 valence electrons. The third-order valence-electron chi connectivity index (χ3n) is 3.20. The predicted octanol–water partition coefficient (Wildman–Crippen LogP) is 3.37. The maximum Gasteiger partial charge on any atom is 0.234 e. The number of nitrogens with zero attached hydrogens (tertiary/aromatic N) is 1. The first-order chi connectivity index (χ1) is 9.81. The van der Waals surface area contributed by atoms with Crippen molar-refractivity contribution in [2.75, 3.05) is 7.11 Å². The quantitative estimate of drug-likeness (QED) is 0.726. The van der Waals surface area contributed by atoms with E-state index in [1.54, 1.807) is 19.2 Å². The summed E-state index contributed by atoms with van der Waals surface area (Å²) >= 11 is 0. The molecule has 0 aliphatic carbocycles. The van der Waals surface area contributed by atoms with Crippen LogP contribution in [0.25, 0.3) is 22.2 Å². The van der Waals surface area contributed by atoms with E-state index >= 15 is 0 Å². The second-order valence-electron chi connectivity index (χ2n) is 4.41. The van der Waals surface area contributed by atoms with Crippen molar-refractivity contribution in [3.63, 3.8) is 0 Å². The first-order valence-electron chi connectivity index (χ1n) is 6.24. The Morgan fingerprint density at radius 3 is 2.55 bits per heavy atom. The van der Waals surface area contributed by atoms with Gasteiger partial charge in [0.1, 0.15) is 5.75 Å². The molecule has 3 rings (SSSR count). The first kappa shape index (κ1) is 12.4. The molecule has 0 bridgehead atoms. The van der Waals surface area contributed by atoms with E-state index in [4.69, 9.17) is 4.74 Å². The Balaban J connectivity index is 2.25. The molecule has 0 fully saturated rings. The lowest BCUT2D eigenvalue weighted by Gasteiger charge is -2.07. The molecule has 2 aromatic carbocycles. The minimum absolute atomic E-state index is 0.493. The van der Waals surface area contributed by atoms with Gasteiger partial charge in [-0.15, -0.1) is 0 Å². The molecule has 0 aliphatic rings. The molecule has 1 aromatic heterocycles. The Labute approximate surface area is 116 Å². The topological polar surface area (TPSA) is 39.2 Å². The molecule has 0 aliphatic heterocycles. The number of hydrogen-bond acceptors (Lipinski definition) is 3. The SMILES string of the molecule is COc1ccc2nc(-c3ccccc3)cc([C]=O)c2c1. The Hall–Kier alpha value is -2.68. The molecule has 20 heavy (non-hydrogen) atoms. The van der Waals surface area contributed by atoms with Crippen molar-refractivity contribution < 1.29 is 9.53 Å². The summed E-state index contributed by atoms with van der Waals surface area (Å²) in [5.74, 6) is 0.697. The van der Waals surface area contributed by atoms with Crippen LogP contribution in [0.5, 0.6) is 5.75 Å². The van der Waals surface area contributed by atoms with Gasteiger partial charge >= 0.3 is 0 Å². The Bertz CT molecular complexity index is 767. The molecule has 0 amide bonds. The maximum atomic E-state index is 11.2. The number of pyridine rings is 1. The van der Waals surface area contributed by atoms with Crippen molar-refractivity contribution >= 4 is 17.2 Å². The molecule has 1 heterocycles. The standard InChI is InChI=1S/C17H12NO2/c1-20-14-7-8-16-15(10-14)13(11-19)9-17(18-16)12-5-3-2-4-6-12/h2-10H,1H3. The van der Waals surface area contributed by atoms with Crippen LogP contribution in [-0.4, -0.2) is 18.4 Å². The molecular formula is C17H12NO2. The van der Waals surface area contributed by atoms with Gasteiger partial charge in [-0.05, 0) is 24.3 Å². The number of hydrogen-bond donors (Lipinski definition) is 0. The van der Waals surface area contributed by atoms with E-state index in [0.717, 1.165) is 22.2 Å². The molecule has 0 saturated carbocycles. The Morgan fingerprint density at radius 2 is 1.85 bits per heavy atom. The highest BCUT2D eigenvalue weighted by Gasteiger charge is 2.08. The third kappa shape index (κ3) is 2.14. The van der Waals surface area contributed by atoms with E-state index < -0.39 is 0 Å². The predicted molar refractivity (Wildman–Crippen MR) is 78.5 cm³/mol. The summed E-state index contributed by atoms with van der Waals surface area (Å²) in [5, 5.41) is 0.749. The molecular weight excluding hydrogens is 250 g/mol. The number of carbonyl (C=O) groups excluding carboxylic acids is 1. The van der Waals surface area contributed by atoms with Crippen LogP contribution in [-0.2, 0) is 4.79 Å². The van der Waals surface area contributed by atoms with Crippen LogP contribution in [0.15, 0.2) is 54.6 Å². The molecule has 0 N–H and O–H groups in total. The van der Waals surface area contributed by atoms with Crippen molar-refractivity contribution in [2.45, 2.75) is 0 Å². The number of ether oxygens (including phenoxy) is 1. The monoisotopic (exact) mass is 262 g/mol. The van der Waals surface area contributed by atoms with Crippen LogP contribution in [0, 0.1) is 0 Å². The lowest BCUT2D eigenvalue weighted by Crippen LogP contribution is -1.92. The van der Waals surface area contributed by atoms with Gasteiger partial charge in [-0.3, -0.25) is 4.79 Å². The second kappa shape index (κ2) is 5.13. The highest BCUT2D eigenvalue weighted by atomic mass is 16.5. The van der Waals surface area contributed by atoms with Crippen LogP contribution in [0.4, 0.5) is 0 Å². The molecule has 3 heteroatoms. The van der Waals surface area contributed by atoms with Crippen LogP contribution < -0.4 is 4.74 Å². The number of methoxy groups -OCH3 is 1. The van der Waals surface area contributed by atoms with E-state index in [9.17, 15) is 4.79 Å². The summed E-state index contributed by atoms with van der Waals surface area (Å²) in [6.07, 6.45) is 1.99. The largest absolute Gasteiger partial charge is 0.497 e. The van der Waals surface area contributed by atoms with E-state index in [1.807, 2.05) is 48.8 Å². The molecule has 0 saturated heterocycles. The van der Waals surface area contributed by atoms with Gasteiger partial charge in [0.25, 0.3) is 0 Å². The van der Waals surface area contributed by atoms with Gasteiger partial charge < -0.3 is 4.74 Å². The van der Waals surface area contributed by atoms with Crippen molar-refractivity contribution in [3.8, 4) is 17.0 Å².